The third kappa shape index (κ3) is 5.21. The number of carbonyl (C=O) groups is 1. The van der Waals surface area contributed by atoms with Crippen LogP contribution in [-0.2, 0) is 20.4 Å². The number of amides is 1. The van der Waals surface area contributed by atoms with E-state index in [4.69, 9.17) is 15.4 Å². The molecule has 0 heterocycles. The van der Waals surface area contributed by atoms with Gasteiger partial charge in [-0.2, -0.15) is 0 Å². The maximum atomic E-state index is 11.9. The molecule has 0 aliphatic carbocycles. The number of halogens is 1. The molecule has 1 unspecified atom stereocenters. The maximum Gasteiger partial charge on any atom is 0.261 e. The second-order valence-corrected chi connectivity index (χ2v) is 7.38. The standard InChI is InChI=1S/C14H20ClNO4S/c1-4-5-10(2)14(17)16-9-11-8-12(21(15,18)19)6-7-13(11)20-3/h6-8,10H,4-5,9H2,1-3H3,(H,16,17). The number of hydrogen-bond donors (Lipinski definition) is 1. The zero-order chi connectivity index (χ0) is 16.0. The third-order valence-electron chi connectivity index (χ3n) is 3.16. The first-order chi connectivity index (χ1) is 9.79. The number of rotatable bonds is 7. The summed E-state index contributed by atoms with van der Waals surface area (Å²) in [6.07, 6.45) is 1.73. The molecular formula is C14H20ClNO4S. The molecule has 0 spiro atoms. The van der Waals surface area contributed by atoms with E-state index in [1.165, 1.54) is 25.3 Å². The lowest BCUT2D eigenvalue weighted by molar-refractivity contribution is -0.124. The number of methoxy groups -OCH3 is 1. The predicted octanol–water partition coefficient (Wildman–Crippen LogP) is 2.68. The highest BCUT2D eigenvalue weighted by molar-refractivity contribution is 8.13. The van der Waals surface area contributed by atoms with E-state index in [9.17, 15) is 13.2 Å². The van der Waals surface area contributed by atoms with Crippen LogP contribution >= 0.6 is 10.7 Å². The Labute approximate surface area is 130 Å². The van der Waals surface area contributed by atoms with Crippen molar-refractivity contribution in [3.05, 3.63) is 23.8 Å². The van der Waals surface area contributed by atoms with Gasteiger partial charge in [-0.3, -0.25) is 4.79 Å². The molecule has 118 valence electrons. The fraction of sp³-hybridized carbons (Fsp3) is 0.500. The molecule has 0 saturated carbocycles. The van der Waals surface area contributed by atoms with E-state index in [1.54, 1.807) is 0 Å². The van der Waals surface area contributed by atoms with Gasteiger partial charge in [0.2, 0.25) is 5.91 Å². The number of carbonyl (C=O) groups excluding carboxylic acids is 1. The molecule has 1 amide bonds. The van der Waals surface area contributed by atoms with Crippen LogP contribution in [0.1, 0.15) is 32.3 Å². The number of nitrogens with one attached hydrogen (secondary N) is 1. The summed E-state index contributed by atoms with van der Waals surface area (Å²) in [4.78, 5) is 11.9. The highest BCUT2D eigenvalue weighted by atomic mass is 35.7. The molecule has 1 aromatic carbocycles. The van der Waals surface area contributed by atoms with Gasteiger partial charge in [-0.15, -0.1) is 0 Å². The summed E-state index contributed by atoms with van der Waals surface area (Å²) < 4.78 is 27.9. The van der Waals surface area contributed by atoms with E-state index in [1.807, 2.05) is 13.8 Å². The van der Waals surface area contributed by atoms with E-state index in [0.29, 0.717) is 11.3 Å². The summed E-state index contributed by atoms with van der Waals surface area (Å²) in [7, 11) is 3.00. The van der Waals surface area contributed by atoms with Crippen LogP contribution in [0.3, 0.4) is 0 Å². The summed E-state index contributed by atoms with van der Waals surface area (Å²) in [5.74, 6) is 0.349. The molecule has 0 fully saturated rings. The molecule has 1 N–H and O–H groups in total. The summed E-state index contributed by atoms with van der Waals surface area (Å²) in [6.45, 7) is 4.06. The Balaban J connectivity index is 2.89. The molecule has 0 saturated heterocycles. The molecule has 0 radical (unpaired) electrons. The molecule has 5 nitrogen and oxygen atoms in total. The van der Waals surface area contributed by atoms with Crippen molar-refractivity contribution < 1.29 is 17.9 Å². The smallest absolute Gasteiger partial charge is 0.261 e. The molecule has 0 aromatic heterocycles. The maximum absolute atomic E-state index is 11.9. The number of ether oxygens (including phenoxy) is 1. The first-order valence-electron chi connectivity index (χ1n) is 6.68. The minimum Gasteiger partial charge on any atom is -0.496 e. The van der Waals surface area contributed by atoms with Gasteiger partial charge in [0.05, 0.1) is 12.0 Å². The second kappa shape index (κ2) is 7.66. The van der Waals surface area contributed by atoms with Crippen LogP contribution in [0.4, 0.5) is 0 Å². The van der Waals surface area contributed by atoms with Gasteiger partial charge in [-0.1, -0.05) is 20.3 Å². The van der Waals surface area contributed by atoms with Crippen molar-refractivity contribution in [2.24, 2.45) is 5.92 Å². The Morgan fingerprint density at radius 3 is 2.62 bits per heavy atom. The first-order valence-corrected chi connectivity index (χ1v) is 8.99. The Morgan fingerprint density at radius 1 is 1.43 bits per heavy atom. The van der Waals surface area contributed by atoms with Gasteiger partial charge in [0.25, 0.3) is 9.05 Å². The highest BCUT2D eigenvalue weighted by Crippen LogP contribution is 2.24. The van der Waals surface area contributed by atoms with Crippen molar-refractivity contribution in [1.82, 2.24) is 5.32 Å². The number of benzene rings is 1. The minimum absolute atomic E-state index is 0.0178. The molecule has 0 aliphatic rings. The highest BCUT2D eigenvalue weighted by Gasteiger charge is 2.15. The normalized spacial score (nSPS) is 12.8. The van der Waals surface area contributed by atoms with Crippen LogP contribution in [0, 0.1) is 5.92 Å². The van der Waals surface area contributed by atoms with Crippen molar-refractivity contribution in [3.8, 4) is 5.75 Å². The summed E-state index contributed by atoms with van der Waals surface area (Å²) in [5, 5.41) is 2.78. The average Bonchev–Trinajstić information content (AvgIpc) is 2.43. The minimum atomic E-state index is -3.81. The van der Waals surface area contributed by atoms with E-state index in [2.05, 4.69) is 5.32 Å². The van der Waals surface area contributed by atoms with Crippen molar-refractivity contribution >= 4 is 25.6 Å². The lowest BCUT2D eigenvalue weighted by atomic mass is 10.1. The molecule has 0 aliphatic heterocycles. The fourth-order valence-electron chi connectivity index (χ4n) is 1.97. The van der Waals surface area contributed by atoms with E-state index < -0.39 is 9.05 Å². The molecule has 21 heavy (non-hydrogen) atoms. The Bertz CT molecular complexity index is 601. The van der Waals surface area contributed by atoms with Crippen LogP contribution in [0.15, 0.2) is 23.1 Å². The van der Waals surface area contributed by atoms with Gasteiger partial charge in [-0.05, 0) is 24.6 Å². The van der Waals surface area contributed by atoms with Crippen LogP contribution in [0.25, 0.3) is 0 Å². The van der Waals surface area contributed by atoms with Gasteiger partial charge >= 0.3 is 0 Å². The van der Waals surface area contributed by atoms with E-state index >= 15 is 0 Å². The fourth-order valence-corrected chi connectivity index (χ4v) is 2.77. The third-order valence-corrected chi connectivity index (χ3v) is 4.51. The molecular weight excluding hydrogens is 314 g/mol. The van der Waals surface area contributed by atoms with Crippen LogP contribution in [0.2, 0.25) is 0 Å². The molecule has 1 aromatic rings. The topological polar surface area (TPSA) is 72.5 Å². The van der Waals surface area contributed by atoms with Gasteiger partial charge in [0.1, 0.15) is 5.75 Å². The Hall–Kier alpha value is -1.27. The lowest BCUT2D eigenvalue weighted by Crippen LogP contribution is -2.28. The van der Waals surface area contributed by atoms with Crippen molar-refractivity contribution in [1.29, 1.82) is 0 Å². The quantitative estimate of drug-likeness (QED) is 0.779. The van der Waals surface area contributed by atoms with E-state index in [-0.39, 0.29) is 23.3 Å². The molecule has 1 rings (SSSR count). The van der Waals surface area contributed by atoms with Gasteiger partial charge in [0, 0.05) is 28.7 Å². The van der Waals surface area contributed by atoms with Crippen molar-refractivity contribution in [2.45, 2.75) is 38.1 Å². The van der Waals surface area contributed by atoms with Crippen molar-refractivity contribution in [2.75, 3.05) is 7.11 Å². The Morgan fingerprint density at radius 2 is 2.10 bits per heavy atom. The van der Waals surface area contributed by atoms with Crippen LogP contribution < -0.4 is 10.1 Å². The molecule has 7 heteroatoms. The van der Waals surface area contributed by atoms with Crippen LogP contribution in [0.5, 0.6) is 5.75 Å². The van der Waals surface area contributed by atoms with Gasteiger partial charge in [-0.25, -0.2) is 8.42 Å². The lowest BCUT2D eigenvalue weighted by Gasteiger charge is -2.13. The second-order valence-electron chi connectivity index (χ2n) is 4.82. The van der Waals surface area contributed by atoms with Crippen molar-refractivity contribution in [3.63, 3.8) is 0 Å². The largest absolute Gasteiger partial charge is 0.496 e. The Kier molecular flexibility index (Phi) is 6.48. The van der Waals surface area contributed by atoms with E-state index in [0.717, 1.165) is 12.8 Å². The zero-order valence-corrected chi connectivity index (χ0v) is 13.9. The predicted molar refractivity (Wildman–Crippen MR) is 82.0 cm³/mol. The molecule has 0 bridgehead atoms. The first kappa shape index (κ1) is 17.8. The van der Waals surface area contributed by atoms with Gasteiger partial charge in [0.15, 0.2) is 0 Å². The average molecular weight is 334 g/mol. The van der Waals surface area contributed by atoms with Crippen LogP contribution in [-0.4, -0.2) is 21.4 Å². The SMILES string of the molecule is CCCC(C)C(=O)NCc1cc(S(=O)(=O)Cl)ccc1OC. The molecule has 1 atom stereocenters. The summed E-state index contributed by atoms with van der Waals surface area (Å²) >= 11 is 0. The van der Waals surface area contributed by atoms with Gasteiger partial charge < -0.3 is 10.1 Å². The summed E-state index contributed by atoms with van der Waals surface area (Å²) in [6, 6.07) is 4.30. The number of hydrogen-bond acceptors (Lipinski definition) is 4. The summed E-state index contributed by atoms with van der Waals surface area (Å²) in [5.41, 5.74) is 0.566. The zero-order valence-electron chi connectivity index (χ0n) is 12.3. The monoisotopic (exact) mass is 333 g/mol.